The highest BCUT2D eigenvalue weighted by Crippen LogP contribution is 2.40. The van der Waals surface area contributed by atoms with Crippen molar-refractivity contribution in [3.8, 4) is 11.4 Å². The molecule has 1 saturated carbocycles. The molecule has 4 heterocycles. The number of halogens is 1. The highest BCUT2D eigenvalue weighted by Gasteiger charge is 2.38. The molecule has 0 bridgehead atoms. The standard InChI is InChI=1S/C20H21ClN4/c21-15-6-7-20-23-11-19(25(20)12-15)18-3-1-2-16(24-18)8-13-4-5-14-9-22-10-17(13)14/h1-3,6-7,11-14,17,22H,4-5,8-10H2/t13?,14-,17-/m0/s1. The predicted molar refractivity (Wildman–Crippen MR) is 99.7 cm³/mol. The van der Waals surface area contributed by atoms with E-state index in [1.54, 1.807) is 0 Å². The van der Waals surface area contributed by atoms with Crippen LogP contribution < -0.4 is 5.32 Å². The summed E-state index contributed by atoms with van der Waals surface area (Å²) < 4.78 is 2.01. The lowest BCUT2D eigenvalue weighted by Crippen LogP contribution is -2.18. The average Bonchev–Trinajstić information content (AvgIpc) is 3.32. The summed E-state index contributed by atoms with van der Waals surface area (Å²) in [7, 11) is 0. The lowest BCUT2D eigenvalue weighted by molar-refractivity contribution is 0.372. The Morgan fingerprint density at radius 1 is 1.16 bits per heavy atom. The molecule has 1 aliphatic heterocycles. The molecule has 1 aliphatic carbocycles. The van der Waals surface area contributed by atoms with Gasteiger partial charge >= 0.3 is 0 Å². The van der Waals surface area contributed by atoms with Gasteiger partial charge in [0, 0.05) is 11.9 Å². The highest BCUT2D eigenvalue weighted by atomic mass is 35.5. The Balaban J connectivity index is 1.45. The van der Waals surface area contributed by atoms with Crippen LogP contribution in [-0.2, 0) is 6.42 Å². The summed E-state index contributed by atoms with van der Waals surface area (Å²) in [6.45, 7) is 2.39. The number of rotatable bonds is 3. The Kier molecular flexibility index (Phi) is 3.75. The molecule has 0 amide bonds. The normalized spacial score (nSPS) is 25.6. The van der Waals surface area contributed by atoms with Gasteiger partial charge in [0.15, 0.2) is 0 Å². The predicted octanol–water partition coefficient (Wildman–Crippen LogP) is 3.84. The summed E-state index contributed by atoms with van der Waals surface area (Å²) in [5.74, 6) is 2.48. The van der Waals surface area contributed by atoms with Gasteiger partial charge in [-0.3, -0.25) is 9.38 Å². The number of pyridine rings is 2. The van der Waals surface area contributed by atoms with Crippen molar-refractivity contribution >= 4 is 17.2 Å². The lowest BCUT2D eigenvalue weighted by atomic mass is 9.89. The summed E-state index contributed by atoms with van der Waals surface area (Å²) in [5, 5.41) is 4.26. The summed E-state index contributed by atoms with van der Waals surface area (Å²) in [6, 6.07) is 10.1. The average molecular weight is 353 g/mol. The zero-order valence-corrected chi connectivity index (χ0v) is 14.8. The first-order chi connectivity index (χ1) is 12.3. The van der Waals surface area contributed by atoms with Crippen molar-refractivity contribution < 1.29 is 0 Å². The van der Waals surface area contributed by atoms with E-state index >= 15 is 0 Å². The third kappa shape index (κ3) is 2.74. The van der Waals surface area contributed by atoms with Crippen LogP contribution in [-0.4, -0.2) is 27.5 Å². The van der Waals surface area contributed by atoms with E-state index in [1.807, 2.05) is 28.9 Å². The summed E-state index contributed by atoms with van der Waals surface area (Å²) in [6.07, 6.45) is 7.57. The molecule has 5 rings (SSSR count). The Morgan fingerprint density at radius 2 is 2.12 bits per heavy atom. The largest absolute Gasteiger partial charge is 0.316 e. The van der Waals surface area contributed by atoms with Crippen LogP contribution in [0.3, 0.4) is 0 Å². The maximum Gasteiger partial charge on any atom is 0.137 e. The maximum absolute atomic E-state index is 6.16. The quantitative estimate of drug-likeness (QED) is 0.778. The highest BCUT2D eigenvalue weighted by molar-refractivity contribution is 6.30. The Morgan fingerprint density at radius 3 is 3.08 bits per heavy atom. The second kappa shape index (κ2) is 6.11. The van der Waals surface area contributed by atoms with Gasteiger partial charge in [0.1, 0.15) is 5.65 Å². The van der Waals surface area contributed by atoms with Crippen molar-refractivity contribution in [1.29, 1.82) is 0 Å². The van der Waals surface area contributed by atoms with Gasteiger partial charge < -0.3 is 5.32 Å². The molecule has 1 saturated heterocycles. The smallest absolute Gasteiger partial charge is 0.137 e. The fraction of sp³-hybridized carbons (Fsp3) is 0.400. The van der Waals surface area contributed by atoms with E-state index in [0.29, 0.717) is 5.02 Å². The molecule has 3 aromatic rings. The molecule has 0 radical (unpaired) electrons. The van der Waals surface area contributed by atoms with Crippen LogP contribution in [0.5, 0.6) is 0 Å². The van der Waals surface area contributed by atoms with E-state index in [4.69, 9.17) is 16.6 Å². The Hall–Kier alpha value is -1.91. The lowest BCUT2D eigenvalue weighted by Gasteiger charge is -2.17. The zero-order chi connectivity index (χ0) is 16.8. The van der Waals surface area contributed by atoms with Crippen LogP contribution in [0.1, 0.15) is 18.5 Å². The van der Waals surface area contributed by atoms with E-state index in [0.717, 1.165) is 41.2 Å². The van der Waals surface area contributed by atoms with Crippen LogP contribution in [0.4, 0.5) is 0 Å². The van der Waals surface area contributed by atoms with Gasteiger partial charge in [-0.15, -0.1) is 0 Å². The van der Waals surface area contributed by atoms with Gasteiger partial charge in [0.05, 0.1) is 22.6 Å². The molecule has 0 aromatic carbocycles. The van der Waals surface area contributed by atoms with Crippen molar-refractivity contribution in [2.75, 3.05) is 13.1 Å². The maximum atomic E-state index is 6.16. The number of hydrogen-bond donors (Lipinski definition) is 1. The first kappa shape index (κ1) is 15.4. The van der Waals surface area contributed by atoms with Gasteiger partial charge in [-0.2, -0.15) is 0 Å². The zero-order valence-electron chi connectivity index (χ0n) is 14.0. The molecule has 0 spiro atoms. The number of hydrogen-bond acceptors (Lipinski definition) is 3. The van der Waals surface area contributed by atoms with Crippen molar-refractivity contribution in [1.82, 2.24) is 19.7 Å². The van der Waals surface area contributed by atoms with Crippen LogP contribution in [0.15, 0.2) is 42.7 Å². The minimum absolute atomic E-state index is 0.702. The fourth-order valence-corrected chi connectivity index (χ4v) is 4.83. The first-order valence-corrected chi connectivity index (χ1v) is 9.45. The molecule has 1 N–H and O–H groups in total. The summed E-state index contributed by atoms with van der Waals surface area (Å²) in [5.41, 5.74) is 4.03. The van der Waals surface area contributed by atoms with E-state index in [2.05, 4.69) is 28.5 Å². The fourth-order valence-electron chi connectivity index (χ4n) is 4.67. The number of nitrogens with zero attached hydrogens (tertiary/aromatic N) is 3. The van der Waals surface area contributed by atoms with Crippen LogP contribution >= 0.6 is 11.6 Å². The SMILES string of the molecule is Clc1ccc2ncc(-c3cccc(CC4CC[C@H]5CNC[C@@H]45)n3)n2c1. The second-order valence-electron chi connectivity index (χ2n) is 7.36. The van der Waals surface area contributed by atoms with E-state index in [-0.39, 0.29) is 0 Å². The first-order valence-electron chi connectivity index (χ1n) is 9.07. The van der Waals surface area contributed by atoms with E-state index < -0.39 is 0 Å². The van der Waals surface area contributed by atoms with Gasteiger partial charge in [-0.05, 0) is 74.4 Å². The summed E-state index contributed by atoms with van der Waals surface area (Å²) >= 11 is 6.16. The molecule has 5 heteroatoms. The number of imidazole rings is 1. The Labute approximate surface area is 152 Å². The van der Waals surface area contributed by atoms with E-state index in [9.17, 15) is 0 Å². The Bertz CT molecular complexity index is 919. The van der Waals surface area contributed by atoms with Crippen molar-refractivity contribution in [3.05, 3.63) is 53.4 Å². The molecule has 25 heavy (non-hydrogen) atoms. The third-order valence-electron chi connectivity index (χ3n) is 5.92. The van der Waals surface area contributed by atoms with Crippen LogP contribution in [0, 0.1) is 17.8 Å². The van der Waals surface area contributed by atoms with Crippen molar-refractivity contribution in [3.63, 3.8) is 0 Å². The molecule has 3 aromatic heterocycles. The molecular formula is C20H21ClN4. The number of fused-ring (bicyclic) bond motifs is 2. The number of aromatic nitrogens is 3. The molecule has 128 valence electrons. The van der Waals surface area contributed by atoms with Crippen molar-refractivity contribution in [2.24, 2.45) is 17.8 Å². The van der Waals surface area contributed by atoms with Gasteiger partial charge in [-0.1, -0.05) is 17.7 Å². The monoisotopic (exact) mass is 352 g/mol. The number of nitrogens with one attached hydrogen (secondary N) is 1. The molecule has 4 nitrogen and oxygen atoms in total. The minimum atomic E-state index is 0.702. The van der Waals surface area contributed by atoms with Gasteiger partial charge in [0.25, 0.3) is 0 Å². The molecule has 1 unspecified atom stereocenters. The van der Waals surface area contributed by atoms with E-state index in [1.165, 1.54) is 31.6 Å². The molecule has 2 fully saturated rings. The van der Waals surface area contributed by atoms with Crippen molar-refractivity contribution in [2.45, 2.75) is 19.3 Å². The minimum Gasteiger partial charge on any atom is -0.316 e. The summed E-state index contributed by atoms with van der Waals surface area (Å²) in [4.78, 5) is 9.42. The van der Waals surface area contributed by atoms with Crippen LogP contribution in [0.2, 0.25) is 5.02 Å². The topological polar surface area (TPSA) is 42.2 Å². The third-order valence-corrected chi connectivity index (χ3v) is 6.14. The molecular weight excluding hydrogens is 332 g/mol. The van der Waals surface area contributed by atoms with Crippen LogP contribution in [0.25, 0.3) is 17.0 Å². The second-order valence-corrected chi connectivity index (χ2v) is 7.79. The van der Waals surface area contributed by atoms with Gasteiger partial charge in [-0.25, -0.2) is 4.98 Å². The molecule has 2 aliphatic rings. The molecule has 3 atom stereocenters. The van der Waals surface area contributed by atoms with Gasteiger partial charge in [0.2, 0.25) is 0 Å².